The average molecular weight is 436 g/mol. The number of hydrogen-bond donors (Lipinski definition) is 1. The number of rotatable bonds is 8. The lowest BCUT2D eigenvalue weighted by Gasteiger charge is -2.14. The molecule has 0 amide bonds. The summed E-state index contributed by atoms with van der Waals surface area (Å²) in [7, 11) is 0. The predicted molar refractivity (Wildman–Crippen MR) is 135 cm³/mol. The number of benzene rings is 2. The van der Waals surface area contributed by atoms with Gasteiger partial charge in [-0.25, -0.2) is 4.98 Å². The van der Waals surface area contributed by atoms with Crippen LogP contribution in [-0.2, 0) is 25.9 Å². The predicted octanol–water partition coefficient (Wildman–Crippen LogP) is 6.80. The molecule has 166 valence electrons. The molecular formula is C29H29N3O. The number of aromatic nitrogens is 3. The van der Waals surface area contributed by atoms with Crippen molar-refractivity contribution in [1.29, 1.82) is 0 Å². The zero-order chi connectivity index (χ0) is 22.6. The van der Waals surface area contributed by atoms with Crippen molar-refractivity contribution in [2.24, 2.45) is 0 Å². The maximum atomic E-state index is 6.42. The fraction of sp³-hybridized carbons (Fsp3) is 0.241. The van der Waals surface area contributed by atoms with Gasteiger partial charge in [0.05, 0.1) is 11.2 Å². The van der Waals surface area contributed by atoms with E-state index < -0.39 is 0 Å². The summed E-state index contributed by atoms with van der Waals surface area (Å²) in [6.45, 7) is 4.90. The zero-order valence-corrected chi connectivity index (χ0v) is 19.3. The topological polar surface area (TPSA) is 50.8 Å². The van der Waals surface area contributed by atoms with E-state index in [0.717, 1.165) is 48.0 Å². The van der Waals surface area contributed by atoms with E-state index in [4.69, 9.17) is 9.72 Å². The summed E-state index contributed by atoms with van der Waals surface area (Å²) >= 11 is 0. The van der Waals surface area contributed by atoms with E-state index in [1.165, 1.54) is 33.3 Å². The van der Waals surface area contributed by atoms with Gasteiger partial charge in [-0.05, 0) is 54.3 Å². The van der Waals surface area contributed by atoms with Crippen LogP contribution < -0.4 is 4.74 Å². The lowest BCUT2D eigenvalue weighted by atomic mass is 9.96. The first-order chi connectivity index (χ1) is 16.3. The second kappa shape index (κ2) is 9.45. The molecule has 0 radical (unpaired) electrons. The first-order valence-corrected chi connectivity index (χ1v) is 11.8. The molecule has 0 aliphatic carbocycles. The van der Waals surface area contributed by atoms with E-state index in [0.29, 0.717) is 6.61 Å². The first kappa shape index (κ1) is 21.2. The van der Waals surface area contributed by atoms with Crippen LogP contribution in [-0.4, -0.2) is 15.0 Å². The van der Waals surface area contributed by atoms with Crippen LogP contribution >= 0.6 is 0 Å². The fourth-order valence-electron chi connectivity index (χ4n) is 4.68. The maximum Gasteiger partial charge on any atom is 0.130 e. The summed E-state index contributed by atoms with van der Waals surface area (Å²) in [6, 6.07) is 20.7. The molecule has 0 aliphatic rings. The molecule has 5 rings (SSSR count). The monoisotopic (exact) mass is 435 g/mol. The molecule has 0 aliphatic heterocycles. The van der Waals surface area contributed by atoms with Gasteiger partial charge < -0.3 is 9.72 Å². The van der Waals surface area contributed by atoms with Gasteiger partial charge in [-0.1, -0.05) is 50.6 Å². The van der Waals surface area contributed by atoms with Gasteiger partial charge >= 0.3 is 0 Å². The Morgan fingerprint density at radius 3 is 2.64 bits per heavy atom. The van der Waals surface area contributed by atoms with Gasteiger partial charge in [0.25, 0.3) is 0 Å². The standard InChI is InChI=1S/C29H29N3O/c1-3-8-26-23(4-2)29-24(17-20-9-7-16-30-18-20)28(15-14-27(29)32-26)33-19-22-13-12-21-10-5-6-11-25(21)31-22/h5-7,9-16,18,32H,3-4,8,17,19H2,1-2H3. The molecule has 4 nitrogen and oxygen atoms in total. The summed E-state index contributed by atoms with van der Waals surface area (Å²) in [5.41, 5.74) is 8.25. The Kier molecular flexibility index (Phi) is 6.07. The van der Waals surface area contributed by atoms with E-state index in [2.05, 4.69) is 60.2 Å². The molecular weight excluding hydrogens is 406 g/mol. The maximum absolute atomic E-state index is 6.42. The minimum absolute atomic E-state index is 0.435. The molecule has 3 aromatic heterocycles. The number of hydrogen-bond acceptors (Lipinski definition) is 3. The van der Waals surface area contributed by atoms with Crippen molar-refractivity contribution < 1.29 is 4.74 Å². The summed E-state index contributed by atoms with van der Waals surface area (Å²) in [4.78, 5) is 12.8. The van der Waals surface area contributed by atoms with Crippen LogP contribution in [0.3, 0.4) is 0 Å². The van der Waals surface area contributed by atoms with Gasteiger partial charge in [-0.2, -0.15) is 0 Å². The molecule has 0 atom stereocenters. The number of aromatic amines is 1. The second-order valence-electron chi connectivity index (χ2n) is 8.47. The number of fused-ring (bicyclic) bond motifs is 2. The van der Waals surface area contributed by atoms with Crippen molar-refractivity contribution in [2.75, 3.05) is 0 Å². The van der Waals surface area contributed by atoms with Crippen molar-refractivity contribution in [3.05, 3.63) is 101 Å². The number of nitrogens with zero attached hydrogens (tertiary/aromatic N) is 2. The highest BCUT2D eigenvalue weighted by Gasteiger charge is 2.18. The number of aryl methyl sites for hydroxylation is 2. The highest BCUT2D eigenvalue weighted by molar-refractivity contribution is 5.90. The Balaban J connectivity index is 1.55. The summed E-state index contributed by atoms with van der Waals surface area (Å²) in [5, 5.41) is 2.44. The van der Waals surface area contributed by atoms with Gasteiger partial charge in [-0.15, -0.1) is 0 Å². The first-order valence-electron chi connectivity index (χ1n) is 11.8. The average Bonchev–Trinajstić information content (AvgIpc) is 3.22. The Labute approximate surface area is 194 Å². The highest BCUT2D eigenvalue weighted by Crippen LogP contribution is 2.35. The number of nitrogens with one attached hydrogen (secondary N) is 1. The Morgan fingerprint density at radius 1 is 0.909 bits per heavy atom. The quantitative estimate of drug-likeness (QED) is 0.292. The Morgan fingerprint density at radius 2 is 1.82 bits per heavy atom. The van der Waals surface area contributed by atoms with Gasteiger partial charge in [0.1, 0.15) is 12.4 Å². The third-order valence-corrected chi connectivity index (χ3v) is 6.21. The molecule has 1 N–H and O–H groups in total. The van der Waals surface area contributed by atoms with Crippen LogP contribution in [0, 0.1) is 0 Å². The Hall–Kier alpha value is -3.66. The van der Waals surface area contributed by atoms with Crippen LogP contribution in [0.25, 0.3) is 21.8 Å². The van der Waals surface area contributed by atoms with Crippen molar-refractivity contribution in [1.82, 2.24) is 15.0 Å². The third kappa shape index (κ3) is 4.34. The highest BCUT2D eigenvalue weighted by atomic mass is 16.5. The van der Waals surface area contributed by atoms with Gasteiger partial charge in [0, 0.05) is 46.4 Å². The van der Waals surface area contributed by atoms with Crippen molar-refractivity contribution in [3.63, 3.8) is 0 Å². The van der Waals surface area contributed by atoms with Crippen molar-refractivity contribution >= 4 is 21.8 Å². The van der Waals surface area contributed by atoms with E-state index in [1.54, 1.807) is 0 Å². The molecule has 0 bridgehead atoms. The lowest BCUT2D eigenvalue weighted by Crippen LogP contribution is -2.02. The molecule has 0 fully saturated rings. The van der Waals surface area contributed by atoms with Gasteiger partial charge in [0.15, 0.2) is 0 Å². The van der Waals surface area contributed by atoms with Crippen LogP contribution in [0.2, 0.25) is 0 Å². The molecule has 2 aromatic carbocycles. The lowest BCUT2D eigenvalue weighted by molar-refractivity contribution is 0.299. The van der Waals surface area contributed by atoms with Crippen LogP contribution in [0.5, 0.6) is 5.75 Å². The van der Waals surface area contributed by atoms with Crippen LogP contribution in [0.4, 0.5) is 0 Å². The minimum Gasteiger partial charge on any atom is -0.487 e. The summed E-state index contributed by atoms with van der Waals surface area (Å²) < 4.78 is 6.42. The van der Waals surface area contributed by atoms with Gasteiger partial charge in [-0.3, -0.25) is 4.98 Å². The normalized spacial score (nSPS) is 11.3. The molecule has 33 heavy (non-hydrogen) atoms. The van der Waals surface area contributed by atoms with E-state index in [-0.39, 0.29) is 0 Å². The summed E-state index contributed by atoms with van der Waals surface area (Å²) in [6.07, 6.45) is 7.71. The Bertz CT molecular complexity index is 1390. The molecule has 0 unspecified atom stereocenters. The van der Waals surface area contributed by atoms with Crippen LogP contribution in [0.15, 0.2) is 73.1 Å². The number of ether oxygens (including phenoxy) is 1. The zero-order valence-electron chi connectivity index (χ0n) is 19.3. The van der Waals surface area contributed by atoms with E-state index in [1.807, 2.05) is 36.7 Å². The van der Waals surface area contributed by atoms with E-state index in [9.17, 15) is 0 Å². The van der Waals surface area contributed by atoms with Crippen LogP contribution in [0.1, 0.15) is 48.3 Å². The number of H-pyrrole nitrogens is 1. The number of pyridine rings is 2. The van der Waals surface area contributed by atoms with E-state index >= 15 is 0 Å². The smallest absolute Gasteiger partial charge is 0.130 e. The van der Waals surface area contributed by atoms with Crippen molar-refractivity contribution in [3.8, 4) is 5.75 Å². The minimum atomic E-state index is 0.435. The SMILES string of the molecule is CCCc1[nH]c2ccc(OCc3ccc4ccccc4n3)c(Cc3cccnc3)c2c1CC. The molecule has 0 saturated heterocycles. The molecule has 5 aromatic rings. The third-order valence-electron chi connectivity index (χ3n) is 6.21. The van der Waals surface area contributed by atoms with Crippen molar-refractivity contribution in [2.45, 2.75) is 46.1 Å². The molecule has 4 heteroatoms. The summed E-state index contributed by atoms with van der Waals surface area (Å²) in [5.74, 6) is 0.915. The van der Waals surface area contributed by atoms with Gasteiger partial charge in [0.2, 0.25) is 0 Å². The second-order valence-corrected chi connectivity index (χ2v) is 8.47. The fourth-order valence-corrected chi connectivity index (χ4v) is 4.68. The molecule has 0 saturated carbocycles. The molecule has 0 spiro atoms. The number of para-hydroxylation sites is 1. The largest absolute Gasteiger partial charge is 0.487 e. The molecule has 3 heterocycles.